The maximum Gasteiger partial charge on any atom is 0.238 e. The lowest BCUT2D eigenvalue weighted by atomic mass is 10.0. The van der Waals surface area contributed by atoms with Gasteiger partial charge in [-0.3, -0.25) is 9.69 Å². The standard InChI is InChI=1S/C16H26N2O3/c1-12(2)13-6-5-7-14(8-13)17-16(20)10-18(3)9-15(19)11-21-4/h5-8,12,15,19H,9-11H2,1-4H3,(H,17,20). The molecule has 0 saturated heterocycles. The first-order chi connectivity index (χ1) is 9.92. The number of carbonyl (C=O) groups is 1. The fourth-order valence-corrected chi connectivity index (χ4v) is 2.09. The first-order valence-corrected chi connectivity index (χ1v) is 7.17. The van der Waals surface area contributed by atoms with Gasteiger partial charge in [-0.25, -0.2) is 0 Å². The van der Waals surface area contributed by atoms with Gasteiger partial charge in [-0.1, -0.05) is 26.0 Å². The molecule has 0 fully saturated rings. The van der Waals surface area contributed by atoms with Crippen molar-refractivity contribution in [2.75, 3.05) is 39.2 Å². The Morgan fingerprint density at radius 1 is 1.43 bits per heavy atom. The number of likely N-dealkylation sites (N-methyl/N-ethyl adjacent to an activating group) is 1. The van der Waals surface area contributed by atoms with Crippen molar-refractivity contribution in [3.8, 4) is 0 Å². The molecule has 0 aliphatic carbocycles. The number of benzene rings is 1. The van der Waals surface area contributed by atoms with E-state index in [1.165, 1.54) is 12.7 Å². The van der Waals surface area contributed by atoms with E-state index < -0.39 is 6.10 Å². The maximum absolute atomic E-state index is 12.0. The van der Waals surface area contributed by atoms with Crippen molar-refractivity contribution in [3.05, 3.63) is 29.8 Å². The van der Waals surface area contributed by atoms with Crippen LogP contribution in [0.5, 0.6) is 0 Å². The highest BCUT2D eigenvalue weighted by Crippen LogP contribution is 2.18. The molecule has 0 spiro atoms. The molecular weight excluding hydrogens is 268 g/mol. The lowest BCUT2D eigenvalue weighted by Gasteiger charge is -2.19. The second-order valence-electron chi connectivity index (χ2n) is 5.63. The molecule has 1 unspecified atom stereocenters. The lowest BCUT2D eigenvalue weighted by molar-refractivity contribution is -0.117. The van der Waals surface area contributed by atoms with Crippen LogP contribution in [0.1, 0.15) is 25.3 Å². The fraction of sp³-hybridized carbons (Fsp3) is 0.562. The largest absolute Gasteiger partial charge is 0.389 e. The molecule has 1 aromatic carbocycles. The van der Waals surface area contributed by atoms with Crippen LogP contribution < -0.4 is 5.32 Å². The molecule has 0 bridgehead atoms. The van der Waals surface area contributed by atoms with Crippen molar-refractivity contribution >= 4 is 11.6 Å². The second kappa shape index (κ2) is 8.77. The van der Waals surface area contributed by atoms with Gasteiger partial charge in [0.25, 0.3) is 0 Å². The Morgan fingerprint density at radius 3 is 2.76 bits per heavy atom. The first-order valence-electron chi connectivity index (χ1n) is 7.17. The normalized spacial score (nSPS) is 12.7. The van der Waals surface area contributed by atoms with Crippen LogP contribution in [0.4, 0.5) is 5.69 Å². The molecule has 21 heavy (non-hydrogen) atoms. The molecule has 1 aromatic rings. The minimum absolute atomic E-state index is 0.0944. The van der Waals surface area contributed by atoms with E-state index in [1.807, 2.05) is 24.3 Å². The lowest BCUT2D eigenvalue weighted by Crippen LogP contribution is -2.37. The SMILES string of the molecule is COCC(O)CN(C)CC(=O)Nc1cccc(C(C)C)c1. The van der Waals surface area contributed by atoms with Crippen molar-refractivity contribution in [1.82, 2.24) is 4.90 Å². The molecule has 0 aliphatic heterocycles. The van der Waals surface area contributed by atoms with Gasteiger partial charge < -0.3 is 15.2 Å². The smallest absolute Gasteiger partial charge is 0.238 e. The van der Waals surface area contributed by atoms with Crippen molar-refractivity contribution < 1.29 is 14.6 Å². The predicted molar refractivity (Wildman–Crippen MR) is 84.5 cm³/mol. The Hall–Kier alpha value is -1.43. The molecule has 118 valence electrons. The van der Waals surface area contributed by atoms with Gasteiger partial charge in [0.15, 0.2) is 0 Å². The van der Waals surface area contributed by atoms with E-state index in [2.05, 4.69) is 19.2 Å². The topological polar surface area (TPSA) is 61.8 Å². The summed E-state index contributed by atoms with van der Waals surface area (Å²) in [6.45, 7) is 5.13. The molecule has 5 heteroatoms. The molecule has 1 atom stereocenters. The van der Waals surface area contributed by atoms with Crippen LogP contribution in [-0.4, -0.2) is 55.9 Å². The molecular formula is C16H26N2O3. The van der Waals surface area contributed by atoms with Crippen LogP contribution in [-0.2, 0) is 9.53 Å². The summed E-state index contributed by atoms with van der Waals surface area (Å²) >= 11 is 0. The number of hydrogen-bond acceptors (Lipinski definition) is 4. The predicted octanol–water partition coefficient (Wildman–Crippen LogP) is 1.69. The molecule has 5 nitrogen and oxygen atoms in total. The third-order valence-corrected chi connectivity index (χ3v) is 3.13. The van der Waals surface area contributed by atoms with E-state index in [9.17, 15) is 9.90 Å². The molecule has 0 saturated carbocycles. The highest BCUT2D eigenvalue weighted by molar-refractivity contribution is 5.92. The number of aliphatic hydroxyl groups is 1. The first kappa shape index (κ1) is 17.6. The van der Waals surface area contributed by atoms with Gasteiger partial charge in [0, 0.05) is 19.3 Å². The summed E-state index contributed by atoms with van der Waals surface area (Å²) in [5.74, 6) is 0.330. The maximum atomic E-state index is 12.0. The molecule has 0 heterocycles. The molecule has 0 aliphatic rings. The summed E-state index contributed by atoms with van der Waals surface area (Å²) < 4.78 is 4.86. The van der Waals surface area contributed by atoms with Crippen LogP contribution in [0, 0.1) is 0 Å². The highest BCUT2D eigenvalue weighted by atomic mass is 16.5. The minimum atomic E-state index is -0.586. The average molecular weight is 294 g/mol. The van der Waals surface area contributed by atoms with Crippen LogP contribution in [0.3, 0.4) is 0 Å². The van der Waals surface area contributed by atoms with Crippen molar-refractivity contribution in [2.24, 2.45) is 0 Å². The summed E-state index contributed by atoms with van der Waals surface area (Å²) in [4.78, 5) is 13.7. The van der Waals surface area contributed by atoms with Gasteiger partial charge in [0.05, 0.1) is 19.3 Å². The number of rotatable bonds is 8. The zero-order chi connectivity index (χ0) is 15.8. The van der Waals surface area contributed by atoms with E-state index in [0.29, 0.717) is 12.5 Å². The number of methoxy groups -OCH3 is 1. The highest BCUT2D eigenvalue weighted by Gasteiger charge is 2.12. The Kier molecular flexibility index (Phi) is 7.36. The Bertz CT molecular complexity index is 449. The molecule has 0 radical (unpaired) electrons. The third-order valence-electron chi connectivity index (χ3n) is 3.13. The van der Waals surface area contributed by atoms with Crippen molar-refractivity contribution in [3.63, 3.8) is 0 Å². The summed E-state index contributed by atoms with van der Waals surface area (Å²) in [6.07, 6.45) is -0.586. The number of amides is 1. The van der Waals surface area contributed by atoms with Crippen molar-refractivity contribution in [1.29, 1.82) is 0 Å². The monoisotopic (exact) mass is 294 g/mol. The van der Waals surface area contributed by atoms with E-state index in [-0.39, 0.29) is 19.1 Å². The van der Waals surface area contributed by atoms with Gasteiger partial charge in [0.2, 0.25) is 5.91 Å². The molecule has 1 rings (SSSR count). The fourth-order valence-electron chi connectivity index (χ4n) is 2.09. The van der Waals surface area contributed by atoms with Crippen molar-refractivity contribution in [2.45, 2.75) is 25.9 Å². The van der Waals surface area contributed by atoms with Crippen LogP contribution in [0.25, 0.3) is 0 Å². The number of nitrogens with one attached hydrogen (secondary N) is 1. The molecule has 2 N–H and O–H groups in total. The van der Waals surface area contributed by atoms with Gasteiger partial charge in [-0.05, 0) is 30.7 Å². The number of ether oxygens (including phenoxy) is 1. The average Bonchev–Trinajstić information content (AvgIpc) is 2.38. The van der Waals surface area contributed by atoms with E-state index in [0.717, 1.165) is 5.69 Å². The molecule has 1 amide bonds. The Morgan fingerprint density at radius 2 is 2.14 bits per heavy atom. The number of nitrogens with zero attached hydrogens (tertiary/aromatic N) is 1. The number of carbonyl (C=O) groups excluding carboxylic acids is 1. The van der Waals surface area contributed by atoms with Crippen LogP contribution >= 0.6 is 0 Å². The van der Waals surface area contributed by atoms with Crippen LogP contribution in [0.15, 0.2) is 24.3 Å². The van der Waals surface area contributed by atoms with Gasteiger partial charge in [0.1, 0.15) is 0 Å². The van der Waals surface area contributed by atoms with E-state index >= 15 is 0 Å². The van der Waals surface area contributed by atoms with Gasteiger partial charge in [-0.2, -0.15) is 0 Å². The Balaban J connectivity index is 2.48. The zero-order valence-corrected chi connectivity index (χ0v) is 13.3. The zero-order valence-electron chi connectivity index (χ0n) is 13.3. The summed E-state index contributed by atoms with van der Waals surface area (Å²) in [5, 5.41) is 12.5. The van der Waals surface area contributed by atoms with Gasteiger partial charge in [-0.15, -0.1) is 0 Å². The molecule has 0 aromatic heterocycles. The quantitative estimate of drug-likeness (QED) is 0.766. The Labute approximate surface area is 126 Å². The number of hydrogen-bond donors (Lipinski definition) is 2. The second-order valence-corrected chi connectivity index (χ2v) is 5.63. The third kappa shape index (κ3) is 6.71. The summed E-state index contributed by atoms with van der Waals surface area (Å²) in [7, 11) is 3.33. The summed E-state index contributed by atoms with van der Waals surface area (Å²) in [5.41, 5.74) is 1.99. The van der Waals surface area contributed by atoms with E-state index in [1.54, 1.807) is 11.9 Å². The number of anilines is 1. The minimum Gasteiger partial charge on any atom is -0.389 e. The van der Waals surface area contributed by atoms with Crippen LogP contribution in [0.2, 0.25) is 0 Å². The van der Waals surface area contributed by atoms with Gasteiger partial charge >= 0.3 is 0 Å². The number of aliphatic hydroxyl groups excluding tert-OH is 1. The summed E-state index contributed by atoms with van der Waals surface area (Å²) in [6, 6.07) is 7.86. The van der Waals surface area contributed by atoms with E-state index in [4.69, 9.17) is 4.74 Å².